The molecule has 5 rings (SSSR count). The summed E-state index contributed by atoms with van der Waals surface area (Å²) < 4.78 is 31.6. The van der Waals surface area contributed by atoms with E-state index in [4.69, 9.17) is 28.2 Å². The Kier molecular flexibility index (Phi) is 7.56. The Morgan fingerprint density at radius 3 is 2.13 bits per heavy atom. The molecule has 206 valence electrons. The second-order valence-electron chi connectivity index (χ2n) is 11.7. The number of hydrogen-bond acceptors (Lipinski definition) is 8. The van der Waals surface area contributed by atoms with Gasteiger partial charge in [0.1, 0.15) is 18.3 Å². The van der Waals surface area contributed by atoms with Gasteiger partial charge in [-0.25, -0.2) is 0 Å². The highest BCUT2D eigenvalue weighted by atomic mass is 28.4. The van der Waals surface area contributed by atoms with Gasteiger partial charge in [0.15, 0.2) is 12.0 Å². The lowest BCUT2D eigenvalue weighted by Gasteiger charge is -2.43. The predicted molar refractivity (Wildman–Crippen MR) is 144 cm³/mol. The molecule has 3 aliphatic heterocycles. The number of benzene rings is 2. The van der Waals surface area contributed by atoms with E-state index in [9.17, 15) is 4.79 Å². The maximum Gasteiger partial charge on any atom is 0.304 e. The van der Waals surface area contributed by atoms with Gasteiger partial charge in [-0.1, -0.05) is 81.4 Å². The molecule has 0 bridgehead atoms. The summed E-state index contributed by atoms with van der Waals surface area (Å²) in [6.07, 6.45) is -1.64. The highest BCUT2D eigenvalue weighted by Gasteiger charge is 2.59. The molecule has 5 atom stereocenters. The van der Waals surface area contributed by atoms with Gasteiger partial charge >= 0.3 is 5.97 Å². The first-order valence-electron chi connectivity index (χ1n) is 13.4. The molecule has 0 unspecified atom stereocenters. The topological polar surface area (TPSA) is 75.7 Å². The molecule has 0 saturated carbocycles. The van der Waals surface area contributed by atoms with Gasteiger partial charge in [-0.05, 0) is 29.3 Å². The molecule has 0 aliphatic carbocycles. The molecule has 9 heteroatoms. The van der Waals surface area contributed by atoms with Crippen LogP contribution in [0.15, 0.2) is 60.7 Å². The second-order valence-corrected chi connectivity index (χ2v) is 16.0. The van der Waals surface area contributed by atoms with Crippen LogP contribution >= 0.6 is 0 Å². The van der Waals surface area contributed by atoms with E-state index < -0.39 is 26.6 Å². The van der Waals surface area contributed by atoms with Gasteiger partial charge in [0, 0.05) is 19.9 Å². The number of hydrogen-bond donors (Lipinski definition) is 0. The summed E-state index contributed by atoms with van der Waals surface area (Å²) in [5.41, 5.74) is 0. The molecule has 3 fully saturated rings. The van der Waals surface area contributed by atoms with E-state index in [0.717, 1.165) is 0 Å². The largest absolute Gasteiger partial charge is 0.434 e. The normalized spacial score (nSPS) is 29.4. The van der Waals surface area contributed by atoms with E-state index in [2.05, 4.69) is 69.3 Å². The number of rotatable bonds is 7. The summed E-state index contributed by atoms with van der Waals surface area (Å²) in [4.78, 5) is 17.3. The van der Waals surface area contributed by atoms with E-state index in [1.807, 2.05) is 26.0 Å². The lowest BCUT2D eigenvalue weighted by atomic mass is 10.1. The fourth-order valence-corrected chi connectivity index (χ4v) is 10.5. The van der Waals surface area contributed by atoms with Crippen molar-refractivity contribution in [3.8, 4) is 0 Å². The summed E-state index contributed by atoms with van der Waals surface area (Å²) >= 11 is 0. The van der Waals surface area contributed by atoms with Gasteiger partial charge < -0.3 is 23.4 Å². The SMILES string of the molecule is CC(=O)O[C@H]1CCN([C@@H]2O[C@H](CO[Si](c3ccccc3)(c3ccccc3)C(C)(C)C)[C@H]3OC(C)(C)O[C@H]32)O1. The quantitative estimate of drug-likeness (QED) is 0.390. The zero-order valence-electron chi connectivity index (χ0n) is 23.1. The zero-order chi connectivity index (χ0) is 27.1. The molecular weight excluding hydrogens is 502 g/mol. The minimum atomic E-state index is -2.76. The van der Waals surface area contributed by atoms with Gasteiger partial charge in [-0.2, -0.15) is 5.06 Å². The summed E-state index contributed by atoms with van der Waals surface area (Å²) in [6, 6.07) is 21.1. The third-order valence-electron chi connectivity index (χ3n) is 7.43. The number of carbonyl (C=O) groups is 1. The highest BCUT2D eigenvalue weighted by Crippen LogP contribution is 2.42. The number of carbonyl (C=O) groups excluding carboxylic acids is 1. The van der Waals surface area contributed by atoms with Crippen LogP contribution in [-0.2, 0) is 33.0 Å². The fourth-order valence-electron chi connectivity index (χ4n) is 5.94. The van der Waals surface area contributed by atoms with Gasteiger partial charge in [-0.3, -0.25) is 9.63 Å². The molecule has 0 spiro atoms. The first kappa shape index (κ1) is 27.5. The van der Waals surface area contributed by atoms with Crippen molar-refractivity contribution < 1.29 is 33.0 Å². The Labute approximate surface area is 226 Å². The third kappa shape index (κ3) is 5.21. The van der Waals surface area contributed by atoms with Gasteiger partial charge in [0.2, 0.25) is 6.29 Å². The number of nitrogens with zero attached hydrogens (tertiary/aromatic N) is 1. The molecular formula is C29H39NO7Si. The number of hydroxylamine groups is 2. The predicted octanol–water partition coefficient (Wildman–Crippen LogP) is 3.33. The van der Waals surface area contributed by atoms with Crippen LogP contribution in [0.5, 0.6) is 0 Å². The summed E-state index contributed by atoms with van der Waals surface area (Å²) in [5, 5.41) is 3.98. The van der Waals surface area contributed by atoms with Crippen LogP contribution in [0.1, 0.15) is 48.0 Å². The molecule has 38 heavy (non-hydrogen) atoms. The van der Waals surface area contributed by atoms with Gasteiger partial charge in [0.05, 0.1) is 6.61 Å². The molecule has 0 aromatic heterocycles. The van der Waals surface area contributed by atoms with Crippen LogP contribution in [0.2, 0.25) is 5.04 Å². The number of ether oxygens (including phenoxy) is 4. The summed E-state index contributed by atoms with van der Waals surface area (Å²) in [7, 11) is -2.76. The lowest BCUT2D eigenvalue weighted by Crippen LogP contribution is -2.67. The minimum Gasteiger partial charge on any atom is -0.434 e. The Balaban J connectivity index is 1.43. The second kappa shape index (κ2) is 10.5. The molecule has 2 aromatic rings. The van der Waals surface area contributed by atoms with E-state index in [1.165, 1.54) is 17.3 Å². The van der Waals surface area contributed by atoms with E-state index in [0.29, 0.717) is 19.6 Å². The van der Waals surface area contributed by atoms with Crippen LogP contribution in [0.25, 0.3) is 0 Å². The molecule has 0 N–H and O–H groups in total. The third-order valence-corrected chi connectivity index (χ3v) is 12.4. The minimum absolute atomic E-state index is 0.158. The smallest absolute Gasteiger partial charge is 0.304 e. The molecule has 0 amide bonds. The van der Waals surface area contributed by atoms with E-state index in [-0.39, 0.29) is 29.3 Å². The number of fused-ring (bicyclic) bond motifs is 1. The van der Waals surface area contributed by atoms with E-state index >= 15 is 0 Å². The van der Waals surface area contributed by atoms with Crippen LogP contribution in [-0.4, -0.2) is 69.1 Å². The average molecular weight is 542 g/mol. The Morgan fingerprint density at radius 1 is 1.00 bits per heavy atom. The highest BCUT2D eigenvalue weighted by molar-refractivity contribution is 6.99. The van der Waals surface area contributed by atoms with Crippen LogP contribution in [0.3, 0.4) is 0 Å². The monoisotopic (exact) mass is 541 g/mol. The van der Waals surface area contributed by atoms with Crippen molar-refractivity contribution >= 4 is 24.7 Å². The zero-order valence-corrected chi connectivity index (χ0v) is 24.1. The average Bonchev–Trinajstić information content (AvgIpc) is 3.53. The maximum absolute atomic E-state index is 11.4. The van der Waals surface area contributed by atoms with Crippen molar-refractivity contribution in [2.24, 2.45) is 0 Å². The van der Waals surface area contributed by atoms with Crippen molar-refractivity contribution in [3.63, 3.8) is 0 Å². The van der Waals surface area contributed by atoms with Crippen molar-refractivity contribution in [3.05, 3.63) is 60.7 Å². The standard InChI is InChI=1S/C29H39NO7Si/c1-20(31)33-24-17-18-30(37-24)27-26-25(35-29(5,6)36-26)23(34-27)19-32-38(28(2,3)4,21-13-9-7-10-14-21)22-15-11-8-12-16-22/h7-16,23-27H,17-19H2,1-6H3/t23-,24-,25-,26-,27-/m1/s1. The van der Waals surface area contributed by atoms with Crippen LogP contribution in [0, 0.1) is 0 Å². The van der Waals surface area contributed by atoms with E-state index in [1.54, 1.807) is 5.06 Å². The number of esters is 1. The lowest BCUT2D eigenvalue weighted by molar-refractivity contribution is -0.301. The molecule has 0 radical (unpaired) electrons. The molecule has 2 aromatic carbocycles. The Bertz CT molecular complexity index is 1070. The molecule has 8 nitrogen and oxygen atoms in total. The first-order valence-corrected chi connectivity index (χ1v) is 15.3. The molecule has 3 aliphatic rings. The summed E-state index contributed by atoms with van der Waals surface area (Å²) in [6.45, 7) is 12.9. The molecule has 3 saturated heterocycles. The maximum atomic E-state index is 11.4. The van der Waals surface area contributed by atoms with Crippen molar-refractivity contribution in [2.75, 3.05) is 13.2 Å². The van der Waals surface area contributed by atoms with Crippen LogP contribution in [0.4, 0.5) is 0 Å². The first-order chi connectivity index (χ1) is 18.0. The van der Waals surface area contributed by atoms with Crippen molar-refractivity contribution in [1.29, 1.82) is 0 Å². The Morgan fingerprint density at radius 2 is 1.58 bits per heavy atom. The molecule has 3 heterocycles. The van der Waals surface area contributed by atoms with Gasteiger partial charge in [0.25, 0.3) is 8.32 Å². The Hall–Kier alpha value is -2.11. The van der Waals surface area contributed by atoms with Crippen molar-refractivity contribution in [1.82, 2.24) is 5.06 Å². The van der Waals surface area contributed by atoms with Crippen LogP contribution < -0.4 is 10.4 Å². The summed E-state index contributed by atoms with van der Waals surface area (Å²) in [5.74, 6) is -1.14. The van der Waals surface area contributed by atoms with Gasteiger partial charge in [-0.15, -0.1) is 0 Å². The van der Waals surface area contributed by atoms with Crippen molar-refractivity contribution in [2.45, 2.75) is 89.6 Å². The fraction of sp³-hybridized carbons (Fsp3) is 0.552.